The first-order valence-electron chi connectivity index (χ1n) is 6.45. The van der Waals surface area contributed by atoms with Crippen LogP contribution in [0.5, 0.6) is 0 Å². The molecule has 9 heteroatoms. The molecule has 0 aromatic heterocycles. The van der Waals surface area contributed by atoms with Gasteiger partial charge in [-0.15, -0.1) is 10.8 Å². The molecule has 0 unspecified atom stereocenters. The first-order valence-corrected chi connectivity index (χ1v) is 10.6. The molecule has 0 bridgehead atoms. The van der Waals surface area contributed by atoms with Crippen LogP contribution in [0.3, 0.4) is 0 Å². The summed E-state index contributed by atoms with van der Waals surface area (Å²) in [6.07, 6.45) is 0.440. The van der Waals surface area contributed by atoms with Gasteiger partial charge in [0.15, 0.2) is 0 Å². The Bertz CT molecular complexity index is 476. The molecule has 1 aromatic rings. The summed E-state index contributed by atoms with van der Waals surface area (Å²) in [5, 5.41) is 2.59. The second-order valence-electron chi connectivity index (χ2n) is 4.97. The maximum absolute atomic E-state index is 10.9. The normalized spacial score (nSPS) is 13.0. The van der Waals surface area contributed by atoms with Gasteiger partial charge in [-0.05, 0) is 43.3 Å². The third-order valence-corrected chi connectivity index (χ3v) is 5.47. The summed E-state index contributed by atoms with van der Waals surface area (Å²) in [5.74, 6) is -0.201. The Morgan fingerprint density at radius 1 is 1.24 bits per heavy atom. The molecule has 1 rings (SSSR count). The van der Waals surface area contributed by atoms with E-state index in [1.54, 1.807) is 12.1 Å². The Morgan fingerprint density at radius 3 is 2.29 bits per heavy atom. The molecule has 0 heterocycles. The van der Waals surface area contributed by atoms with Crippen LogP contribution in [0.4, 0.5) is 5.69 Å². The van der Waals surface area contributed by atoms with Gasteiger partial charge in [0, 0.05) is 19.2 Å². The second kappa shape index (κ2) is 7.36. The average molecular weight is 334 g/mol. The van der Waals surface area contributed by atoms with Crippen LogP contribution in [-0.4, -0.2) is 39.7 Å². The highest BCUT2D eigenvalue weighted by atomic mass is 32.3. The molecular formula is C12H22N2O5SSi. The number of carbonyl (C=O) groups is 1. The van der Waals surface area contributed by atoms with Crippen molar-refractivity contribution in [3.63, 3.8) is 0 Å². The third-order valence-electron chi connectivity index (χ3n) is 2.63. The summed E-state index contributed by atoms with van der Waals surface area (Å²) in [7, 11) is -6.22. The van der Waals surface area contributed by atoms with Crippen LogP contribution < -0.4 is 10.0 Å². The Labute approximate surface area is 126 Å². The number of hydrogen-bond acceptors (Lipinski definition) is 6. The summed E-state index contributed by atoms with van der Waals surface area (Å²) in [4.78, 5) is 29.8. The van der Waals surface area contributed by atoms with E-state index in [4.69, 9.17) is 0 Å². The van der Waals surface area contributed by atoms with Gasteiger partial charge >= 0.3 is 8.56 Å². The van der Waals surface area contributed by atoms with Gasteiger partial charge in [0.1, 0.15) is 0 Å². The van der Waals surface area contributed by atoms with Crippen molar-refractivity contribution in [1.82, 2.24) is 4.72 Å². The van der Waals surface area contributed by atoms with Crippen LogP contribution in [0.1, 0.15) is 13.3 Å². The fraction of sp³-hybridized carbons (Fsp3) is 0.417. The Balaban J connectivity index is 2.55. The average Bonchev–Trinajstić information content (AvgIpc) is 2.33. The molecule has 0 aliphatic rings. The van der Waals surface area contributed by atoms with Crippen molar-refractivity contribution in [2.75, 3.05) is 11.9 Å². The van der Waals surface area contributed by atoms with Crippen LogP contribution in [-0.2, 0) is 4.79 Å². The number of carbonyl (C=O) groups excluding carboxylic acids is 1. The minimum Gasteiger partial charge on any atom is -0.411 e. The van der Waals surface area contributed by atoms with E-state index in [1.165, 1.54) is 25.6 Å². The van der Waals surface area contributed by atoms with Gasteiger partial charge in [0.05, 0.1) is 4.90 Å². The van der Waals surface area contributed by atoms with Crippen molar-refractivity contribution in [3.8, 4) is 0 Å². The summed E-state index contributed by atoms with van der Waals surface area (Å²) in [6, 6.07) is 6.46. The van der Waals surface area contributed by atoms with Crippen molar-refractivity contribution in [3.05, 3.63) is 24.3 Å². The topological polar surface area (TPSA) is 122 Å². The predicted molar refractivity (Wildman–Crippen MR) is 85.3 cm³/mol. The molecule has 6 N–H and O–H groups in total. The Kier molecular flexibility index (Phi) is 6.35. The summed E-state index contributed by atoms with van der Waals surface area (Å²) in [6.45, 7) is 3.06. The fourth-order valence-electron chi connectivity index (χ4n) is 1.65. The van der Waals surface area contributed by atoms with Crippen LogP contribution in [0.15, 0.2) is 29.2 Å². The quantitative estimate of drug-likeness (QED) is 0.333. The van der Waals surface area contributed by atoms with Gasteiger partial charge in [-0.1, -0.05) is 0 Å². The largest absolute Gasteiger partial charge is 0.411 e. The van der Waals surface area contributed by atoms with Gasteiger partial charge in [0.25, 0.3) is 0 Å². The number of amides is 1. The van der Waals surface area contributed by atoms with Crippen LogP contribution in [0, 0.1) is 0 Å². The molecule has 0 saturated carbocycles. The first-order chi connectivity index (χ1) is 9.60. The Hall–Kier alpha value is -0.943. The lowest BCUT2D eigenvalue weighted by Crippen LogP contribution is -2.31. The second-order valence-corrected chi connectivity index (χ2v) is 9.76. The van der Waals surface area contributed by atoms with E-state index in [9.17, 15) is 23.5 Å². The van der Waals surface area contributed by atoms with Crippen molar-refractivity contribution >= 4 is 30.9 Å². The van der Waals surface area contributed by atoms with Crippen molar-refractivity contribution < 1.29 is 23.5 Å². The lowest BCUT2D eigenvalue weighted by molar-refractivity contribution is -0.114. The van der Waals surface area contributed by atoms with E-state index < -0.39 is 19.3 Å². The standard InChI is InChI=1S/C12H22N2O5SSi/c1-10(15)14-11-4-6-12(7-5-11)20(16,17)13-8-3-9-21(2,18)19/h4-7,13,16-19H,3,8-9H2,1-2H3,(H,14,15). The minimum atomic E-state index is -3.13. The highest BCUT2D eigenvalue weighted by Crippen LogP contribution is 2.44. The molecule has 1 amide bonds. The van der Waals surface area contributed by atoms with Crippen molar-refractivity contribution in [1.29, 1.82) is 0 Å². The lowest BCUT2D eigenvalue weighted by Gasteiger charge is -2.33. The molecule has 0 radical (unpaired) electrons. The maximum atomic E-state index is 10.9. The zero-order valence-corrected chi connectivity index (χ0v) is 13.9. The molecule has 21 heavy (non-hydrogen) atoms. The molecule has 1 aromatic carbocycles. The van der Waals surface area contributed by atoms with Crippen LogP contribution >= 0.6 is 10.8 Å². The summed E-state index contributed by atoms with van der Waals surface area (Å²) >= 11 is 0. The number of rotatable bonds is 7. The summed E-state index contributed by atoms with van der Waals surface area (Å²) in [5.41, 5.74) is 0.573. The molecule has 0 aliphatic heterocycles. The van der Waals surface area contributed by atoms with E-state index >= 15 is 0 Å². The lowest BCUT2D eigenvalue weighted by atomic mass is 10.3. The number of anilines is 1. The Morgan fingerprint density at radius 2 is 1.81 bits per heavy atom. The minimum absolute atomic E-state index is 0.201. The molecule has 0 atom stereocenters. The monoisotopic (exact) mass is 334 g/mol. The van der Waals surface area contributed by atoms with E-state index in [2.05, 4.69) is 10.0 Å². The van der Waals surface area contributed by atoms with Gasteiger partial charge < -0.3 is 14.9 Å². The number of benzene rings is 1. The summed E-state index contributed by atoms with van der Waals surface area (Å²) < 4.78 is 22.6. The maximum Gasteiger partial charge on any atom is 0.329 e. The van der Waals surface area contributed by atoms with E-state index in [-0.39, 0.29) is 18.5 Å². The smallest absolute Gasteiger partial charge is 0.329 e. The first kappa shape index (κ1) is 18.1. The highest BCUT2D eigenvalue weighted by Gasteiger charge is 2.21. The fourth-order valence-corrected chi connectivity index (χ4v) is 3.61. The number of nitrogens with one attached hydrogen (secondary N) is 2. The zero-order chi connectivity index (χ0) is 16.1. The van der Waals surface area contributed by atoms with Gasteiger partial charge in [0.2, 0.25) is 5.91 Å². The zero-order valence-electron chi connectivity index (χ0n) is 12.0. The third kappa shape index (κ3) is 7.04. The van der Waals surface area contributed by atoms with Gasteiger partial charge in [-0.3, -0.25) is 13.9 Å². The predicted octanol–water partition coefficient (Wildman–Crippen LogP) is 1.71. The molecule has 7 nitrogen and oxygen atoms in total. The number of hydrogen-bond donors (Lipinski definition) is 6. The highest BCUT2D eigenvalue weighted by molar-refractivity contribution is 8.22. The van der Waals surface area contributed by atoms with Gasteiger partial charge in [-0.25, -0.2) is 4.72 Å². The molecule has 0 aliphatic carbocycles. The van der Waals surface area contributed by atoms with E-state index in [1.807, 2.05) is 0 Å². The molecular weight excluding hydrogens is 312 g/mol. The van der Waals surface area contributed by atoms with Crippen molar-refractivity contribution in [2.24, 2.45) is 0 Å². The molecule has 0 fully saturated rings. The van der Waals surface area contributed by atoms with Gasteiger partial charge in [-0.2, -0.15) is 0 Å². The molecule has 120 valence electrons. The van der Waals surface area contributed by atoms with E-state index in [0.29, 0.717) is 17.0 Å². The van der Waals surface area contributed by atoms with Crippen molar-refractivity contribution in [2.45, 2.75) is 30.8 Å². The van der Waals surface area contributed by atoms with Crippen LogP contribution in [0.25, 0.3) is 0 Å². The SMILES string of the molecule is CC(=O)Nc1ccc(S(O)(O)NCCC[Si](C)(O)O)cc1. The molecule has 0 spiro atoms. The van der Waals surface area contributed by atoms with E-state index in [0.717, 1.165) is 0 Å². The molecule has 0 saturated heterocycles. The van der Waals surface area contributed by atoms with Crippen LogP contribution in [0.2, 0.25) is 12.6 Å².